The fraction of sp³-hybridized carbons (Fsp3) is 0.385. The van der Waals surface area contributed by atoms with Gasteiger partial charge in [-0.05, 0) is 35.8 Å². The monoisotopic (exact) mass is 340 g/mol. The first kappa shape index (κ1) is 14.3. The molecule has 0 amide bonds. The molecule has 19 heavy (non-hydrogen) atoms. The molecule has 0 saturated heterocycles. The van der Waals surface area contributed by atoms with E-state index >= 15 is 0 Å². The fourth-order valence-electron chi connectivity index (χ4n) is 1.74. The number of thiophene rings is 1. The van der Waals surface area contributed by atoms with Crippen molar-refractivity contribution in [2.24, 2.45) is 0 Å². The van der Waals surface area contributed by atoms with E-state index in [-0.39, 0.29) is 0 Å². The van der Waals surface area contributed by atoms with Crippen molar-refractivity contribution in [3.05, 3.63) is 32.6 Å². The van der Waals surface area contributed by atoms with E-state index in [1.165, 1.54) is 4.88 Å². The Labute approximate surface area is 126 Å². The SMILES string of the molecule is CCNc1nc(C)cc(N(C)Cc2cc(Br)cs2)n1. The van der Waals surface area contributed by atoms with Crippen molar-refractivity contribution in [2.75, 3.05) is 23.8 Å². The highest BCUT2D eigenvalue weighted by Crippen LogP contribution is 2.23. The summed E-state index contributed by atoms with van der Waals surface area (Å²) in [4.78, 5) is 12.3. The molecule has 0 unspecified atom stereocenters. The maximum Gasteiger partial charge on any atom is 0.224 e. The molecule has 0 aliphatic heterocycles. The number of hydrogen-bond donors (Lipinski definition) is 1. The quantitative estimate of drug-likeness (QED) is 0.901. The summed E-state index contributed by atoms with van der Waals surface area (Å²) < 4.78 is 1.13. The van der Waals surface area contributed by atoms with Crippen LogP contribution in [0.15, 0.2) is 22.0 Å². The van der Waals surface area contributed by atoms with Crippen LogP contribution in [0, 0.1) is 6.92 Å². The molecule has 1 N–H and O–H groups in total. The van der Waals surface area contributed by atoms with Crippen molar-refractivity contribution in [3.63, 3.8) is 0 Å². The maximum atomic E-state index is 4.52. The molecule has 0 aliphatic carbocycles. The molecule has 2 heterocycles. The van der Waals surface area contributed by atoms with E-state index in [1.807, 2.05) is 27.0 Å². The summed E-state index contributed by atoms with van der Waals surface area (Å²) in [5, 5.41) is 5.25. The molecule has 0 bridgehead atoms. The molecule has 0 fully saturated rings. The summed E-state index contributed by atoms with van der Waals surface area (Å²) in [6.45, 7) is 5.70. The van der Waals surface area contributed by atoms with Gasteiger partial charge in [0.1, 0.15) is 5.82 Å². The number of hydrogen-bond acceptors (Lipinski definition) is 5. The van der Waals surface area contributed by atoms with Crippen molar-refractivity contribution < 1.29 is 0 Å². The van der Waals surface area contributed by atoms with Gasteiger partial charge in [-0.15, -0.1) is 11.3 Å². The predicted molar refractivity (Wildman–Crippen MR) is 85.1 cm³/mol. The number of halogens is 1. The third-order valence-electron chi connectivity index (χ3n) is 2.58. The van der Waals surface area contributed by atoms with E-state index in [2.05, 4.69) is 47.6 Å². The van der Waals surface area contributed by atoms with E-state index in [0.717, 1.165) is 29.1 Å². The third kappa shape index (κ3) is 3.91. The van der Waals surface area contributed by atoms with Crippen molar-refractivity contribution in [2.45, 2.75) is 20.4 Å². The molecule has 0 spiro atoms. The lowest BCUT2D eigenvalue weighted by molar-refractivity contribution is 0.897. The van der Waals surface area contributed by atoms with Gasteiger partial charge in [0.2, 0.25) is 5.95 Å². The topological polar surface area (TPSA) is 41.1 Å². The molecule has 6 heteroatoms. The lowest BCUT2D eigenvalue weighted by Gasteiger charge is -2.18. The first-order valence-electron chi connectivity index (χ1n) is 6.12. The molecule has 2 aromatic heterocycles. The van der Waals surface area contributed by atoms with Gasteiger partial charge in [0.05, 0.1) is 6.54 Å². The highest BCUT2D eigenvalue weighted by molar-refractivity contribution is 9.10. The van der Waals surface area contributed by atoms with E-state index in [1.54, 1.807) is 11.3 Å². The van der Waals surface area contributed by atoms with Crippen LogP contribution in [0.4, 0.5) is 11.8 Å². The average Bonchev–Trinajstić information content (AvgIpc) is 2.74. The zero-order valence-electron chi connectivity index (χ0n) is 11.3. The van der Waals surface area contributed by atoms with Crippen LogP contribution in [-0.4, -0.2) is 23.6 Å². The molecular formula is C13H17BrN4S. The predicted octanol–water partition coefficient (Wildman–Crippen LogP) is 3.68. The second-order valence-electron chi connectivity index (χ2n) is 4.31. The van der Waals surface area contributed by atoms with E-state index in [0.29, 0.717) is 5.95 Å². The highest BCUT2D eigenvalue weighted by Gasteiger charge is 2.08. The number of rotatable bonds is 5. The molecule has 102 valence electrons. The van der Waals surface area contributed by atoms with Gasteiger partial charge in [0.15, 0.2) is 0 Å². The van der Waals surface area contributed by atoms with E-state index in [9.17, 15) is 0 Å². The lowest BCUT2D eigenvalue weighted by Crippen LogP contribution is -2.18. The number of aryl methyl sites for hydroxylation is 1. The number of anilines is 2. The molecular weight excluding hydrogens is 324 g/mol. The summed E-state index contributed by atoms with van der Waals surface area (Å²) in [6.07, 6.45) is 0. The normalized spacial score (nSPS) is 10.5. The minimum absolute atomic E-state index is 0.691. The van der Waals surface area contributed by atoms with Crippen LogP contribution in [0.2, 0.25) is 0 Å². The first-order chi connectivity index (χ1) is 9.08. The van der Waals surface area contributed by atoms with Gasteiger partial charge >= 0.3 is 0 Å². The molecule has 2 rings (SSSR count). The third-order valence-corrected chi connectivity index (χ3v) is 4.26. The van der Waals surface area contributed by atoms with Gasteiger partial charge in [-0.2, -0.15) is 4.98 Å². The Morgan fingerprint density at radius 1 is 1.37 bits per heavy atom. The van der Waals surface area contributed by atoms with Crippen molar-refractivity contribution in [1.29, 1.82) is 0 Å². The Morgan fingerprint density at radius 3 is 2.79 bits per heavy atom. The van der Waals surface area contributed by atoms with Crippen LogP contribution < -0.4 is 10.2 Å². The number of aromatic nitrogens is 2. The van der Waals surface area contributed by atoms with Crippen LogP contribution in [0.5, 0.6) is 0 Å². The van der Waals surface area contributed by atoms with Gasteiger partial charge < -0.3 is 10.2 Å². The van der Waals surface area contributed by atoms with Gasteiger partial charge in [-0.1, -0.05) is 0 Å². The molecule has 0 aliphatic rings. The minimum Gasteiger partial charge on any atom is -0.354 e. The zero-order valence-corrected chi connectivity index (χ0v) is 13.7. The van der Waals surface area contributed by atoms with Crippen molar-refractivity contribution in [1.82, 2.24) is 9.97 Å². The summed E-state index contributed by atoms with van der Waals surface area (Å²) >= 11 is 5.22. The summed E-state index contributed by atoms with van der Waals surface area (Å²) in [5.74, 6) is 1.63. The summed E-state index contributed by atoms with van der Waals surface area (Å²) in [6, 6.07) is 4.14. The van der Waals surface area contributed by atoms with Crippen LogP contribution in [0.25, 0.3) is 0 Å². The Balaban J connectivity index is 2.15. The standard InChI is InChI=1S/C13H17BrN4S/c1-4-15-13-16-9(2)5-12(17-13)18(3)7-11-6-10(14)8-19-11/h5-6,8H,4,7H2,1-3H3,(H,15,16,17). The minimum atomic E-state index is 0.691. The van der Waals surface area contributed by atoms with E-state index < -0.39 is 0 Å². The van der Waals surface area contributed by atoms with E-state index in [4.69, 9.17) is 0 Å². The zero-order chi connectivity index (χ0) is 13.8. The summed E-state index contributed by atoms with van der Waals surface area (Å²) in [5.41, 5.74) is 0.972. The molecule has 0 aromatic carbocycles. The first-order valence-corrected chi connectivity index (χ1v) is 7.79. The van der Waals surface area contributed by atoms with Gasteiger partial charge in [0, 0.05) is 40.1 Å². The molecule has 0 saturated carbocycles. The molecule has 0 atom stereocenters. The Morgan fingerprint density at radius 2 is 2.16 bits per heavy atom. The largest absolute Gasteiger partial charge is 0.354 e. The Bertz CT molecular complexity index is 555. The van der Waals surface area contributed by atoms with Crippen LogP contribution in [-0.2, 0) is 6.54 Å². The molecule has 4 nitrogen and oxygen atoms in total. The number of nitrogens with one attached hydrogen (secondary N) is 1. The van der Waals surface area contributed by atoms with Gasteiger partial charge in [0.25, 0.3) is 0 Å². The van der Waals surface area contributed by atoms with Crippen molar-refractivity contribution >= 4 is 39.0 Å². The molecule has 0 radical (unpaired) electrons. The molecule has 2 aromatic rings. The Hall–Kier alpha value is -1.14. The van der Waals surface area contributed by atoms with Gasteiger partial charge in [-0.3, -0.25) is 0 Å². The highest BCUT2D eigenvalue weighted by atomic mass is 79.9. The lowest BCUT2D eigenvalue weighted by atomic mass is 10.4. The Kier molecular flexibility index (Phi) is 4.76. The number of nitrogens with zero attached hydrogens (tertiary/aromatic N) is 3. The van der Waals surface area contributed by atoms with Crippen LogP contribution in [0.1, 0.15) is 17.5 Å². The summed E-state index contributed by atoms with van der Waals surface area (Å²) in [7, 11) is 2.05. The fourth-order valence-corrected chi connectivity index (χ4v) is 3.24. The maximum absolute atomic E-state index is 4.52. The van der Waals surface area contributed by atoms with Gasteiger partial charge in [-0.25, -0.2) is 4.98 Å². The average molecular weight is 341 g/mol. The second kappa shape index (κ2) is 6.34. The second-order valence-corrected chi connectivity index (χ2v) is 6.22. The van der Waals surface area contributed by atoms with Crippen molar-refractivity contribution in [3.8, 4) is 0 Å². The smallest absolute Gasteiger partial charge is 0.224 e. The van der Waals surface area contributed by atoms with Crippen LogP contribution in [0.3, 0.4) is 0 Å². The van der Waals surface area contributed by atoms with Crippen LogP contribution >= 0.6 is 27.3 Å².